The molecule has 2 fully saturated rings. The van der Waals surface area contributed by atoms with Crippen LogP contribution in [0.2, 0.25) is 0 Å². The highest BCUT2D eigenvalue weighted by molar-refractivity contribution is 5.68. The molecule has 0 aromatic rings. The highest BCUT2D eigenvalue weighted by atomic mass is 16.5. The Morgan fingerprint density at radius 1 is 1.36 bits per heavy atom. The molecule has 0 aromatic heterocycles. The molecule has 0 amide bonds. The van der Waals surface area contributed by atoms with Crippen LogP contribution in [0.15, 0.2) is 0 Å². The molecule has 0 spiro atoms. The third kappa shape index (κ3) is 1.18. The zero-order chi connectivity index (χ0) is 10.2. The molecule has 1 N–H and O–H groups in total. The van der Waals surface area contributed by atoms with Gasteiger partial charge in [-0.2, -0.15) is 0 Å². The van der Waals surface area contributed by atoms with Crippen molar-refractivity contribution in [3.63, 3.8) is 0 Å². The summed E-state index contributed by atoms with van der Waals surface area (Å²) in [7, 11) is 0. The van der Waals surface area contributed by atoms with Crippen LogP contribution in [0.1, 0.15) is 39.0 Å². The van der Waals surface area contributed by atoms with E-state index in [4.69, 9.17) is 9.84 Å². The van der Waals surface area contributed by atoms with E-state index in [0.717, 1.165) is 32.5 Å². The number of hydrogen-bond donors (Lipinski definition) is 1. The van der Waals surface area contributed by atoms with E-state index in [9.17, 15) is 4.79 Å². The summed E-state index contributed by atoms with van der Waals surface area (Å²) in [5.41, 5.74) is 0.246. The highest BCUT2D eigenvalue weighted by Gasteiger charge is 2.58. The molecule has 0 radical (unpaired) electrons. The topological polar surface area (TPSA) is 46.5 Å². The molecule has 0 unspecified atom stereocenters. The number of carboxylic acid groups (broad SMARTS) is 1. The first-order chi connectivity index (χ1) is 6.64. The van der Waals surface area contributed by atoms with Crippen LogP contribution in [0.5, 0.6) is 0 Å². The van der Waals surface area contributed by atoms with Crippen LogP contribution in [-0.2, 0) is 9.53 Å². The number of hydrogen-bond acceptors (Lipinski definition) is 2. The molecule has 3 nitrogen and oxygen atoms in total. The lowest BCUT2D eigenvalue weighted by atomic mass is 9.49. The average Bonchev–Trinajstić information content (AvgIpc) is 1.97. The summed E-state index contributed by atoms with van der Waals surface area (Å²) in [4.78, 5) is 10.9. The van der Waals surface area contributed by atoms with Gasteiger partial charge in [0.1, 0.15) is 0 Å². The number of rotatable bonds is 4. The predicted octanol–water partition coefficient (Wildman–Crippen LogP) is 2.06. The molecule has 2 aliphatic rings. The van der Waals surface area contributed by atoms with E-state index in [-0.39, 0.29) is 10.8 Å². The van der Waals surface area contributed by atoms with E-state index >= 15 is 0 Å². The second-order valence-electron chi connectivity index (χ2n) is 4.83. The van der Waals surface area contributed by atoms with Gasteiger partial charge in [0.05, 0.1) is 19.6 Å². The minimum atomic E-state index is -0.649. The molecule has 1 heterocycles. The van der Waals surface area contributed by atoms with Gasteiger partial charge in [0.2, 0.25) is 0 Å². The lowest BCUT2D eigenvalue weighted by molar-refractivity contribution is -0.218. The number of ether oxygens (including phenoxy) is 1. The van der Waals surface area contributed by atoms with Crippen molar-refractivity contribution >= 4 is 5.97 Å². The van der Waals surface area contributed by atoms with Crippen molar-refractivity contribution in [3.8, 4) is 0 Å². The van der Waals surface area contributed by atoms with Gasteiger partial charge in [-0.25, -0.2) is 0 Å². The van der Waals surface area contributed by atoms with Crippen LogP contribution < -0.4 is 0 Å². The fourth-order valence-corrected chi connectivity index (χ4v) is 3.02. The maximum atomic E-state index is 10.9. The van der Waals surface area contributed by atoms with Crippen LogP contribution in [0.3, 0.4) is 0 Å². The second kappa shape index (κ2) is 3.23. The Hall–Kier alpha value is -0.570. The number of carbonyl (C=O) groups is 1. The highest BCUT2D eigenvalue weighted by Crippen LogP contribution is 2.60. The van der Waals surface area contributed by atoms with Crippen LogP contribution in [-0.4, -0.2) is 24.3 Å². The Balaban J connectivity index is 2.14. The van der Waals surface area contributed by atoms with E-state index in [2.05, 4.69) is 6.92 Å². The Morgan fingerprint density at radius 3 is 2.21 bits per heavy atom. The minimum Gasteiger partial charge on any atom is -0.481 e. The normalized spacial score (nSPS) is 27.5. The Kier molecular flexibility index (Phi) is 2.30. The molecule has 14 heavy (non-hydrogen) atoms. The van der Waals surface area contributed by atoms with Gasteiger partial charge in [-0.05, 0) is 24.7 Å². The van der Waals surface area contributed by atoms with Gasteiger partial charge in [0, 0.05) is 5.41 Å². The van der Waals surface area contributed by atoms with Crippen molar-refractivity contribution < 1.29 is 14.6 Å². The molecule has 2 rings (SSSR count). The standard InChI is InChI=1S/C11H18O3/c1-2-10(7-14-8-10)11(4-3-5-11)6-9(12)13/h2-8H2,1H3,(H,12,13). The predicted molar refractivity (Wildman–Crippen MR) is 52.1 cm³/mol. The van der Waals surface area contributed by atoms with Crippen LogP contribution in [0.4, 0.5) is 0 Å². The monoisotopic (exact) mass is 198 g/mol. The lowest BCUT2D eigenvalue weighted by Gasteiger charge is -2.59. The Labute approximate surface area is 84.4 Å². The summed E-state index contributed by atoms with van der Waals surface area (Å²) in [6.07, 6.45) is 4.74. The van der Waals surface area contributed by atoms with Crippen molar-refractivity contribution in [1.29, 1.82) is 0 Å². The van der Waals surface area contributed by atoms with E-state index < -0.39 is 5.97 Å². The maximum Gasteiger partial charge on any atom is 0.303 e. The summed E-state index contributed by atoms with van der Waals surface area (Å²) in [5.74, 6) is -0.649. The molecule has 80 valence electrons. The van der Waals surface area contributed by atoms with Gasteiger partial charge < -0.3 is 9.84 Å². The fourth-order valence-electron chi connectivity index (χ4n) is 3.02. The second-order valence-corrected chi connectivity index (χ2v) is 4.83. The first-order valence-corrected chi connectivity index (χ1v) is 5.44. The van der Waals surface area contributed by atoms with Gasteiger partial charge in [0.15, 0.2) is 0 Å². The van der Waals surface area contributed by atoms with Crippen LogP contribution >= 0.6 is 0 Å². The molecule has 0 atom stereocenters. The fraction of sp³-hybridized carbons (Fsp3) is 0.909. The molecular formula is C11H18O3. The number of carboxylic acids is 1. The molecule has 0 aromatic carbocycles. The summed E-state index contributed by atoms with van der Waals surface area (Å²) >= 11 is 0. The van der Waals surface area contributed by atoms with E-state index in [1.165, 1.54) is 6.42 Å². The largest absolute Gasteiger partial charge is 0.481 e. The Morgan fingerprint density at radius 2 is 2.00 bits per heavy atom. The van der Waals surface area contributed by atoms with E-state index in [1.807, 2.05) is 0 Å². The molecule has 1 aliphatic carbocycles. The maximum absolute atomic E-state index is 10.9. The van der Waals surface area contributed by atoms with Crippen molar-refractivity contribution in [2.45, 2.75) is 39.0 Å². The third-order valence-electron chi connectivity index (χ3n) is 4.36. The number of aliphatic carboxylic acids is 1. The summed E-state index contributed by atoms with van der Waals surface area (Å²) in [6, 6.07) is 0. The molecule has 0 bridgehead atoms. The van der Waals surface area contributed by atoms with Crippen LogP contribution in [0.25, 0.3) is 0 Å². The van der Waals surface area contributed by atoms with E-state index in [0.29, 0.717) is 6.42 Å². The van der Waals surface area contributed by atoms with Gasteiger partial charge in [0.25, 0.3) is 0 Å². The van der Waals surface area contributed by atoms with Gasteiger partial charge in [-0.3, -0.25) is 4.79 Å². The zero-order valence-electron chi connectivity index (χ0n) is 8.71. The van der Waals surface area contributed by atoms with Crippen LogP contribution in [0, 0.1) is 10.8 Å². The lowest BCUT2D eigenvalue weighted by Crippen LogP contribution is -2.58. The zero-order valence-corrected chi connectivity index (χ0v) is 8.71. The minimum absolute atomic E-state index is 0.0613. The van der Waals surface area contributed by atoms with Gasteiger partial charge >= 0.3 is 5.97 Å². The Bertz CT molecular complexity index is 233. The molecule has 3 heteroatoms. The van der Waals surface area contributed by atoms with Crippen molar-refractivity contribution in [1.82, 2.24) is 0 Å². The van der Waals surface area contributed by atoms with Gasteiger partial charge in [-0.1, -0.05) is 13.3 Å². The SMILES string of the molecule is CCC1(C2(CC(=O)O)CCC2)COC1. The smallest absolute Gasteiger partial charge is 0.303 e. The van der Waals surface area contributed by atoms with Crippen molar-refractivity contribution in [3.05, 3.63) is 0 Å². The first kappa shape index (κ1) is 9.97. The van der Waals surface area contributed by atoms with E-state index in [1.54, 1.807) is 0 Å². The first-order valence-electron chi connectivity index (χ1n) is 5.44. The summed E-state index contributed by atoms with van der Waals surface area (Å²) in [5, 5.41) is 8.95. The quantitative estimate of drug-likeness (QED) is 0.752. The third-order valence-corrected chi connectivity index (χ3v) is 4.36. The molecule has 1 aliphatic heterocycles. The van der Waals surface area contributed by atoms with Crippen molar-refractivity contribution in [2.75, 3.05) is 13.2 Å². The molecule has 1 saturated carbocycles. The summed E-state index contributed by atoms with van der Waals surface area (Å²) in [6.45, 7) is 3.71. The van der Waals surface area contributed by atoms with Gasteiger partial charge in [-0.15, -0.1) is 0 Å². The summed E-state index contributed by atoms with van der Waals surface area (Å²) < 4.78 is 5.30. The average molecular weight is 198 g/mol. The molecule has 1 saturated heterocycles. The van der Waals surface area contributed by atoms with Crippen molar-refractivity contribution in [2.24, 2.45) is 10.8 Å². The molecular weight excluding hydrogens is 180 g/mol.